The Morgan fingerprint density at radius 2 is 2.25 bits per heavy atom. The molecule has 1 saturated heterocycles. The van der Waals surface area contributed by atoms with Crippen molar-refractivity contribution in [3.8, 4) is 0 Å². The maximum absolute atomic E-state index is 12.7. The van der Waals surface area contributed by atoms with Gasteiger partial charge in [-0.25, -0.2) is 8.42 Å². The van der Waals surface area contributed by atoms with Crippen LogP contribution in [0.15, 0.2) is 10.3 Å². The zero-order valence-corrected chi connectivity index (χ0v) is 13.7. The Morgan fingerprint density at radius 3 is 2.80 bits per heavy atom. The van der Waals surface area contributed by atoms with E-state index in [2.05, 4.69) is 0 Å². The van der Waals surface area contributed by atoms with Gasteiger partial charge >= 0.3 is 0 Å². The van der Waals surface area contributed by atoms with Gasteiger partial charge < -0.3 is 9.84 Å². The average molecular weight is 319 g/mol. The van der Waals surface area contributed by atoms with Crippen LogP contribution in [0.25, 0.3) is 0 Å². The van der Waals surface area contributed by atoms with Gasteiger partial charge in [-0.1, -0.05) is 0 Å². The van der Waals surface area contributed by atoms with Crippen LogP contribution in [-0.4, -0.2) is 43.6 Å². The lowest BCUT2D eigenvalue weighted by molar-refractivity contribution is -0.0319. The molecule has 20 heavy (non-hydrogen) atoms. The third-order valence-electron chi connectivity index (χ3n) is 3.85. The quantitative estimate of drug-likeness (QED) is 0.918. The lowest BCUT2D eigenvalue weighted by atomic mass is 9.96. The zero-order chi connectivity index (χ0) is 15.0. The first kappa shape index (κ1) is 15.9. The van der Waals surface area contributed by atoms with Crippen LogP contribution >= 0.6 is 11.3 Å². The first-order chi connectivity index (χ1) is 9.32. The highest BCUT2D eigenvalue weighted by molar-refractivity contribution is 7.91. The highest BCUT2D eigenvalue weighted by atomic mass is 32.2. The Morgan fingerprint density at radius 1 is 1.55 bits per heavy atom. The van der Waals surface area contributed by atoms with Gasteiger partial charge in [-0.3, -0.25) is 0 Å². The smallest absolute Gasteiger partial charge is 0.252 e. The lowest BCUT2D eigenvalue weighted by Crippen LogP contribution is -2.49. The molecule has 1 fully saturated rings. The van der Waals surface area contributed by atoms with E-state index in [1.165, 1.54) is 4.31 Å². The van der Waals surface area contributed by atoms with E-state index in [0.29, 0.717) is 22.2 Å². The molecule has 1 unspecified atom stereocenters. The molecule has 1 N–H and O–H groups in total. The van der Waals surface area contributed by atoms with Gasteiger partial charge in [-0.05, 0) is 38.3 Å². The Labute approximate surface area is 124 Å². The molecule has 1 aromatic rings. The second-order valence-electron chi connectivity index (χ2n) is 5.43. The summed E-state index contributed by atoms with van der Waals surface area (Å²) in [6.45, 7) is 4.52. The highest BCUT2D eigenvalue weighted by Gasteiger charge is 2.37. The summed E-state index contributed by atoms with van der Waals surface area (Å²) < 4.78 is 32.6. The number of ether oxygens (including phenoxy) is 1. The van der Waals surface area contributed by atoms with Gasteiger partial charge in [0.2, 0.25) is 0 Å². The number of rotatable bonds is 4. The normalized spacial score (nSPS) is 25.0. The van der Waals surface area contributed by atoms with Gasteiger partial charge in [0, 0.05) is 25.1 Å². The number of piperidine rings is 1. The Hall–Kier alpha value is -0.470. The van der Waals surface area contributed by atoms with Crippen molar-refractivity contribution in [3.63, 3.8) is 0 Å². The number of thiophene rings is 1. The maximum atomic E-state index is 12.7. The number of hydrogen-bond acceptors (Lipinski definition) is 5. The van der Waals surface area contributed by atoms with Gasteiger partial charge in [-0.2, -0.15) is 4.31 Å². The first-order valence-electron chi connectivity index (χ1n) is 6.58. The predicted octanol–water partition coefficient (Wildman–Crippen LogP) is 1.74. The van der Waals surface area contributed by atoms with Crippen molar-refractivity contribution in [1.82, 2.24) is 4.31 Å². The van der Waals surface area contributed by atoms with Gasteiger partial charge in [0.15, 0.2) is 0 Å². The van der Waals surface area contributed by atoms with Crippen LogP contribution in [0.2, 0.25) is 0 Å². The lowest BCUT2D eigenvalue weighted by Gasteiger charge is -2.38. The Kier molecular flexibility index (Phi) is 4.56. The number of nitrogens with zero attached hydrogens (tertiary/aromatic N) is 1. The summed E-state index contributed by atoms with van der Waals surface area (Å²) in [5, 5.41) is 9.21. The first-order valence-corrected chi connectivity index (χ1v) is 8.83. The molecule has 2 rings (SSSR count). The minimum Gasteiger partial charge on any atom is -0.391 e. The number of sulfonamides is 1. The summed E-state index contributed by atoms with van der Waals surface area (Å²) in [7, 11) is -1.87. The fourth-order valence-electron chi connectivity index (χ4n) is 2.43. The summed E-state index contributed by atoms with van der Waals surface area (Å²) in [5.74, 6) is 0. The molecule has 1 aromatic heterocycles. The fraction of sp³-hybridized carbons (Fsp3) is 0.692. The predicted molar refractivity (Wildman–Crippen MR) is 78.4 cm³/mol. The molecule has 0 bridgehead atoms. The minimum atomic E-state index is -3.49. The summed E-state index contributed by atoms with van der Waals surface area (Å²) in [4.78, 5) is 0.704. The molecule has 1 aliphatic rings. The van der Waals surface area contributed by atoms with Gasteiger partial charge in [0.25, 0.3) is 10.0 Å². The van der Waals surface area contributed by atoms with E-state index in [1.807, 2.05) is 13.8 Å². The van der Waals surface area contributed by atoms with E-state index in [4.69, 9.17) is 4.74 Å². The van der Waals surface area contributed by atoms with Crippen molar-refractivity contribution in [2.24, 2.45) is 0 Å². The fourth-order valence-corrected chi connectivity index (χ4v) is 5.63. The van der Waals surface area contributed by atoms with Crippen LogP contribution < -0.4 is 0 Å². The minimum absolute atomic E-state index is 0.123. The average Bonchev–Trinajstić information content (AvgIpc) is 2.81. The third kappa shape index (κ3) is 2.92. The molecule has 5 nitrogen and oxygen atoms in total. The van der Waals surface area contributed by atoms with Gasteiger partial charge in [0.1, 0.15) is 4.21 Å². The van der Waals surface area contributed by atoms with Crippen molar-refractivity contribution in [2.45, 2.75) is 43.1 Å². The monoisotopic (exact) mass is 319 g/mol. The van der Waals surface area contributed by atoms with Crippen molar-refractivity contribution in [3.05, 3.63) is 16.5 Å². The van der Waals surface area contributed by atoms with Crippen LogP contribution in [0.4, 0.5) is 0 Å². The molecule has 0 aromatic carbocycles. The van der Waals surface area contributed by atoms with Gasteiger partial charge in [0.05, 0.1) is 12.2 Å². The summed E-state index contributed by atoms with van der Waals surface area (Å²) in [5.41, 5.74) is 0.403. The third-order valence-corrected chi connectivity index (χ3v) is 7.37. The standard InChI is InChI=1S/C13H21NO4S2/c1-10-7-12(19-11(10)8-15)20(16,17)14-6-4-5-13(2,9-14)18-3/h7,15H,4-6,8-9H2,1-3H3. The molecule has 0 amide bonds. The molecule has 2 heterocycles. The van der Waals surface area contributed by atoms with E-state index < -0.39 is 15.6 Å². The molecular formula is C13H21NO4S2. The molecule has 0 aliphatic carbocycles. The molecular weight excluding hydrogens is 298 g/mol. The molecule has 0 saturated carbocycles. The van der Waals surface area contributed by atoms with E-state index in [0.717, 1.165) is 29.7 Å². The van der Waals surface area contributed by atoms with E-state index in [1.54, 1.807) is 13.2 Å². The van der Waals surface area contributed by atoms with Crippen LogP contribution in [0.5, 0.6) is 0 Å². The van der Waals surface area contributed by atoms with E-state index in [9.17, 15) is 13.5 Å². The topological polar surface area (TPSA) is 66.8 Å². The zero-order valence-electron chi connectivity index (χ0n) is 12.0. The SMILES string of the molecule is COC1(C)CCCN(S(=O)(=O)c2cc(C)c(CO)s2)C1. The largest absolute Gasteiger partial charge is 0.391 e. The number of methoxy groups -OCH3 is 1. The molecule has 114 valence electrons. The molecule has 1 atom stereocenters. The second kappa shape index (κ2) is 5.73. The number of hydrogen-bond donors (Lipinski definition) is 1. The van der Waals surface area contributed by atoms with Crippen molar-refractivity contribution >= 4 is 21.4 Å². The molecule has 0 radical (unpaired) electrons. The van der Waals surface area contributed by atoms with Crippen LogP contribution in [0.3, 0.4) is 0 Å². The Balaban J connectivity index is 2.29. The maximum Gasteiger partial charge on any atom is 0.252 e. The second-order valence-corrected chi connectivity index (χ2v) is 8.73. The van der Waals surface area contributed by atoms with Crippen molar-refractivity contribution in [1.29, 1.82) is 0 Å². The molecule has 1 aliphatic heterocycles. The summed E-state index contributed by atoms with van der Waals surface area (Å²) in [6.07, 6.45) is 1.65. The number of aliphatic hydroxyl groups is 1. The van der Waals surface area contributed by atoms with Crippen LogP contribution in [-0.2, 0) is 21.4 Å². The molecule has 0 spiro atoms. The van der Waals surface area contributed by atoms with Crippen molar-refractivity contribution in [2.75, 3.05) is 20.2 Å². The van der Waals surface area contributed by atoms with E-state index >= 15 is 0 Å². The summed E-state index contributed by atoms with van der Waals surface area (Å²) in [6, 6.07) is 1.64. The van der Waals surface area contributed by atoms with E-state index in [-0.39, 0.29) is 6.61 Å². The number of aliphatic hydroxyl groups excluding tert-OH is 1. The van der Waals surface area contributed by atoms with Crippen molar-refractivity contribution < 1.29 is 18.3 Å². The van der Waals surface area contributed by atoms with Gasteiger partial charge in [-0.15, -0.1) is 11.3 Å². The van der Waals surface area contributed by atoms with Crippen LogP contribution in [0.1, 0.15) is 30.2 Å². The Bertz CT molecular complexity index is 581. The van der Waals surface area contributed by atoms with Crippen LogP contribution in [0, 0.1) is 6.92 Å². The number of aryl methyl sites for hydroxylation is 1. The molecule has 7 heteroatoms. The summed E-state index contributed by atoms with van der Waals surface area (Å²) >= 11 is 1.15. The highest BCUT2D eigenvalue weighted by Crippen LogP contribution is 2.32.